The summed E-state index contributed by atoms with van der Waals surface area (Å²) in [5, 5.41) is 0. The van der Waals surface area contributed by atoms with E-state index in [1.54, 1.807) is 0 Å². The molecule has 0 aliphatic heterocycles. The average molecular weight is 263 g/mol. The zero-order valence-corrected chi connectivity index (χ0v) is 11.4. The first-order valence-electron chi connectivity index (χ1n) is 6.05. The number of nitrogens with zero attached hydrogens (tertiary/aromatic N) is 1. The van der Waals surface area contributed by atoms with Gasteiger partial charge in [-0.3, -0.25) is 4.98 Å². The molecule has 0 amide bonds. The van der Waals surface area contributed by atoms with Crippen LogP contribution in [0.5, 0.6) is 0 Å². The lowest BCUT2D eigenvalue weighted by Gasteiger charge is -2.09. The van der Waals surface area contributed by atoms with Gasteiger partial charge in [0.15, 0.2) is 0 Å². The van der Waals surface area contributed by atoms with Crippen LogP contribution >= 0.6 is 12.4 Å². The number of hydrogen-bond donors (Lipinski definition) is 1. The average Bonchev–Trinajstić information content (AvgIpc) is 2.40. The second-order valence-electron chi connectivity index (χ2n) is 4.28. The lowest BCUT2D eigenvalue weighted by atomic mass is 10.0. The van der Waals surface area contributed by atoms with Crippen LogP contribution in [-0.2, 0) is 6.42 Å². The second kappa shape index (κ2) is 7.14. The predicted octanol–water partition coefficient (Wildman–Crippen LogP) is 3.45. The topological polar surface area (TPSA) is 38.9 Å². The van der Waals surface area contributed by atoms with E-state index >= 15 is 0 Å². The van der Waals surface area contributed by atoms with Crippen LogP contribution in [-0.4, -0.2) is 11.0 Å². The predicted molar refractivity (Wildman–Crippen MR) is 78.9 cm³/mol. The first-order valence-corrected chi connectivity index (χ1v) is 6.05. The molecule has 0 saturated carbocycles. The molecule has 0 aliphatic carbocycles. The Balaban J connectivity index is 0.00000162. The van der Waals surface area contributed by atoms with Gasteiger partial charge in [-0.1, -0.05) is 37.3 Å². The van der Waals surface area contributed by atoms with E-state index in [-0.39, 0.29) is 18.4 Å². The molecule has 1 atom stereocenters. The summed E-state index contributed by atoms with van der Waals surface area (Å²) < 4.78 is 0. The van der Waals surface area contributed by atoms with Crippen molar-refractivity contribution in [2.45, 2.75) is 25.8 Å². The van der Waals surface area contributed by atoms with Crippen LogP contribution in [0.3, 0.4) is 0 Å². The highest BCUT2D eigenvalue weighted by atomic mass is 35.5. The molecule has 18 heavy (non-hydrogen) atoms. The fourth-order valence-electron chi connectivity index (χ4n) is 1.79. The molecule has 2 aromatic rings. The van der Waals surface area contributed by atoms with Crippen LogP contribution in [0, 0.1) is 0 Å². The van der Waals surface area contributed by atoms with E-state index in [9.17, 15) is 0 Å². The summed E-state index contributed by atoms with van der Waals surface area (Å²) in [6, 6.07) is 14.7. The zero-order valence-electron chi connectivity index (χ0n) is 10.5. The molecule has 0 fully saturated rings. The lowest BCUT2D eigenvalue weighted by Crippen LogP contribution is -2.21. The van der Waals surface area contributed by atoms with E-state index in [0.29, 0.717) is 0 Å². The number of nitrogens with two attached hydrogens (primary N) is 1. The fraction of sp³-hybridized carbons (Fsp3) is 0.267. The van der Waals surface area contributed by atoms with Crippen LogP contribution in [0.15, 0.2) is 48.7 Å². The molecule has 96 valence electrons. The molecule has 2 nitrogen and oxygen atoms in total. The van der Waals surface area contributed by atoms with Crippen molar-refractivity contribution in [3.05, 3.63) is 54.2 Å². The molecule has 2 rings (SSSR count). The highest BCUT2D eigenvalue weighted by molar-refractivity contribution is 5.85. The minimum atomic E-state index is 0. The lowest BCUT2D eigenvalue weighted by molar-refractivity contribution is 0.646. The van der Waals surface area contributed by atoms with Crippen molar-refractivity contribution in [2.75, 3.05) is 0 Å². The molecule has 0 spiro atoms. The molecule has 0 bridgehead atoms. The van der Waals surface area contributed by atoms with Crippen LogP contribution in [0.4, 0.5) is 0 Å². The van der Waals surface area contributed by atoms with Crippen molar-refractivity contribution < 1.29 is 0 Å². The SMILES string of the molecule is CCC(N)Cc1ccc(-c2ccccn2)cc1.Cl. The Morgan fingerprint density at radius 3 is 2.39 bits per heavy atom. The largest absolute Gasteiger partial charge is 0.327 e. The first-order chi connectivity index (χ1) is 8.29. The molecule has 0 saturated heterocycles. The number of rotatable bonds is 4. The molecule has 1 unspecified atom stereocenters. The van der Waals surface area contributed by atoms with Gasteiger partial charge >= 0.3 is 0 Å². The van der Waals surface area contributed by atoms with Gasteiger partial charge < -0.3 is 5.73 Å². The number of aromatic nitrogens is 1. The molecule has 0 aliphatic rings. The summed E-state index contributed by atoms with van der Waals surface area (Å²) in [5.41, 5.74) is 9.40. The van der Waals surface area contributed by atoms with Gasteiger partial charge in [-0.05, 0) is 30.5 Å². The third kappa shape index (κ3) is 3.83. The molecule has 2 N–H and O–H groups in total. The van der Waals surface area contributed by atoms with E-state index in [2.05, 4.69) is 36.2 Å². The summed E-state index contributed by atoms with van der Waals surface area (Å²) in [5.74, 6) is 0. The maximum atomic E-state index is 5.94. The van der Waals surface area contributed by atoms with Crippen LogP contribution < -0.4 is 5.73 Å². The zero-order chi connectivity index (χ0) is 12.1. The highest BCUT2D eigenvalue weighted by Gasteiger charge is 2.02. The molecule has 3 heteroatoms. The van der Waals surface area contributed by atoms with Crippen LogP contribution in [0.25, 0.3) is 11.3 Å². The van der Waals surface area contributed by atoms with Gasteiger partial charge in [0.05, 0.1) is 5.69 Å². The first kappa shape index (κ1) is 14.7. The van der Waals surface area contributed by atoms with Gasteiger partial charge in [0.2, 0.25) is 0 Å². The van der Waals surface area contributed by atoms with Crippen molar-refractivity contribution >= 4 is 12.4 Å². The van der Waals surface area contributed by atoms with E-state index < -0.39 is 0 Å². The smallest absolute Gasteiger partial charge is 0.0701 e. The summed E-state index contributed by atoms with van der Waals surface area (Å²) in [6.45, 7) is 2.12. The summed E-state index contributed by atoms with van der Waals surface area (Å²) >= 11 is 0. The molecular formula is C15H19ClN2. The maximum Gasteiger partial charge on any atom is 0.0701 e. The van der Waals surface area contributed by atoms with Crippen molar-refractivity contribution in [3.8, 4) is 11.3 Å². The van der Waals surface area contributed by atoms with Crippen molar-refractivity contribution in [1.29, 1.82) is 0 Å². The second-order valence-corrected chi connectivity index (χ2v) is 4.28. The molecular weight excluding hydrogens is 244 g/mol. The van der Waals surface area contributed by atoms with Gasteiger partial charge in [0, 0.05) is 17.8 Å². The van der Waals surface area contributed by atoms with Crippen molar-refractivity contribution in [3.63, 3.8) is 0 Å². The Labute approximate surface area is 115 Å². The summed E-state index contributed by atoms with van der Waals surface area (Å²) in [4.78, 5) is 4.33. The number of hydrogen-bond acceptors (Lipinski definition) is 2. The van der Waals surface area contributed by atoms with Gasteiger partial charge in [0.1, 0.15) is 0 Å². The summed E-state index contributed by atoms with van der Waals surface area (Å²) in [6.07, 6.45) is 3.78. The normalized spacial score (nSPS) is 11.7. The maximum absolute atomic E-state index is 5.94. The number of pyridine rings is 1. The van der Waals surface area contributed by atoms with Gasteiger partial charge in [0.25, 0.3) is 0 Å². The number of halogens is 1. The minimum Gasteiger partial charge on any atom is -0.327 e. The Hall–Kier alpha value is -1.38. The van der Waals surface area contributed by atoms with E-state index in [4.69, 9.17) is 5.73 Å². The molecule has 0 radical (unpaired) electrons. The Morgan fingerprint density at radius 2 is 1.83 bits per heavy atom. The fourth-order valence-corrected chi connectivity index (χ4v) is 1.79. The Kier molecular flexibility index (Phi) is 5.83. The molecule has 1 aromatic carbocycles. The Morgan fingerprint density at radius 1 is 1.11 bits per heavy atom. The van der Waals surface area contributed by atoms with Crippen molar-refractivity contribution in [2.24, 2.45) is 5.73 Å². The van der Waals surface area contributed by atoms with E-state index in [1.807, 2.05) is 24.4 Å². The monoisotopic (exact) mass is 262 g/mol. The van der Waals surface area contributed by atoms with E-state index in [0.717, 1.165) is 24.1 Å². The Bertz CT molecular complexity index is 454. The standard InChI is InChI=1S/C15H18N2.ClH/c1-2-14(16)11-12-6-8-13(9-7-12)15-5-3-4-10-17-15;/h3-10,14H,2,11,16H2,1H3;1H. The van der Waals surface area contributed by atoms with Crippen molar-refractivity contribution in [1.82, 2.24) is 4.98 Å². The van der Waals surface area contributed by atoms with Gasteiger partial charge in [-0.15, -0.1) is 12.4 Å². The number of benzene rings is 1. The van der Waals surface area contributed by atoms with Crippen LogP contribution in [0.2, 0.25) is 0 Å². The van der Waals surface area contributed by atoms with Gasteiger partial charge in [-0.25, -0.2) is 0 Å². The molecule has 1 heterocycles. The summed E-state index contributed by atoms with van der Waals surface area (Å²) in [7, 11) is 0. The minimum absolute atomic E-state index is 0. The third-order valence-corrected chi connectivity index (χ3v) is 2.94. The third-order valence-electron chi connectivity index (χ3n) is 2.94. The quantitative estimate of drug-likeness (QED) is 0.917. The van der Waals surface area contributed by atoms with Gasteiger partial charge in [-0.2, -0.15) is 0 Å². The molecule has 1 aromatic heterocycles. The van der Waals surface area contributed by atoms with E-state index in [1.165, 1.54) is 5.56 Å². The van der Waals surface area contributed by atoms with Crippen LogP contribution in [0.1, 0.15) is 18.9 Å². The highest BCUT2D eigenvalue weighted by Crippen LogP contribution is 2.17.